The van der Waals surface area contributed by atoms with Crippen LogP contribution in [0, 0.1) is 19.8 Å². The van der Waals surface area contributed by atoms with Crippen LogP contribution < -0.4 is 10.2 Å². The van der Waals surface area contributed by atoms with Crippen molar-refractivity contribution in [1.82, 2.24) is 14.9 Å². The molecule has 1 amide bonds. The zero-order valence-electron chi connectivity index (χ0n) is 17.1. The number of amides is 1. The van der Waals surface area contributed by atoms with Crippen LogP contribution in [0.1, 0.15) is 30.4 Å². The Balaban J connectivity index is 1.36. The summed E-state index contributed by atoms with van der Waals surface area (Å²) in [5.74, 6) is 1.25. The first-order chi connectivity index (χ1) is 14.1. The largest absolute Gasteiger partial charge is 0.379 e. The molecule has 2 aromatic rings. The molecule has 0 radical (unpaired) electrons. The maximum atomic E-state index is 12.6. The van der Waals surface area contributed by atoms with Gasteiger partial charge in [0.25, 0.3) is 0 Å². The van der Waals surface area contributed by atoms with Crippen molar-refractivity contribution in [2.45, 2.75) is 39.2 Å². The SMILES string of the molecule is Cc1cc2nc(N3CCC(C(=O)NC4CCOC4)CC3)n(C3=CC=C3)c2cc1C. The van der Waals surface area contributed by atoms with Crippen molar-refractivity contribution in [2.24, 2.45) is 5.92 Å². The second-order valence-corrected chi connectivity index (χ2v) is 8.45. The van der Waals surface area contributed by atoms with E-state index in [9.17, 15) is 4.79 Å². The number of nitrogens with one attached hydrogen (secondary N) is 1. The van der Waals surface area contributed by atoms with Crippen molar-refractivity contribution >= 4 is 28.6 Å². The number of benzene rings is 1. The minimum atomic E-state index is 0.0805. The summed E-state index contributed by atoms with van der Waals surface area (Å²) >= 11 is 0. The molecule has 29 heavy (non-hydrogen) atoms. The summed E-state index contributed by atoms with van der Waals surface area (Å²) in [6, 6.07) is 4.60. The van der Waals surface area contributed by atoms with E-state index < -0.39 is 0 Å². The second-order valence-electron chi connectivity index (χ2n) is 8.45. The Morgan fingerprint density at radius 2 is 1.93 bits per heavy atom. The Morgan fingerprint density at radius 1 is 1.17 bits per heavy atom. The fourth-order valence-corrected chi connectivity index (χ4v) is 4.43. The Morgan fingerprint density at radius 3 is 2.59 bits per heavy atom. The maximum absolute atomic E-state index is 12.6. The van der Waals surface area contributed by atoms with Gasteiger partial charge in [-0.05, 0) is 68.5 Å². The lowest BCUT2D eigenvalue weighted by Gasteiger charge is -2.33. The van der Waals surface area contributed by atoms with Gasteiger partial charge in [0.05, 0.1) is 23.7 Å². The van der Waals surface area contributed by atoms with E-state index >= 15 is 0 Å². The first-order valence-corrected chi connectivity index (χ1v) is 10.6. The first-order valence-electron chi connectivity index (χ1n) is 10.6. The average Bonchev–Trinajstić information content (AvgIpc) is 3.30. The van der Waals surface area contributed by atoms with Crippen molar-refractivity contribution in [3.63, 3.8) is 0 Å². The topological polar surface area (TPSA) is 59.4 Å². The first kappa shape index (κ1) is 18.4. The number of piperidine rings is 1. The quantitative estimate of drug-likeness (QED) is 0.868. The van der Waals surface area contributed by atoms with Gasteiger partial charge in [0.1, 0.15) is 0 Å². The molecule has 1 N–H and O–H groups in total. The third-order valence-electron chi connectivity index (χ3n) is 6.47. The normalized spacial score (nSPS) is 22.1. The molecule has 1 aliphatic carbocycles. The van der Waals surface area contributed by atoms with E-state index in [0.29, 0.717) is 6.61 Å². The van der Waals surface area contributed by atoms with Gasteiger partial charge < -0.3 is 15.0 Å². The molecule has 1 aromatic carbocycles. The summed E-state index contributed by atoms with van der Waals surface area (Å²) in [6.45, 7) is 7.37. The molecule has 2 aliphatic heterocycles. The van der Waals surface area contributed by atoms with Gasteiger partial charge in [-0.25, -0.2) is 4.98 Å². The molecule has 1 aromatic heterocycles. The number of anilines is 1. The van der Waals surface area contributed by atoms with Gasteiger partial charge in [-0.3, -0.25) is 9.36 Å². The van der Waals surface area contributed by atoms with E-state index in [4.69, 9.17) is 9.72 Å². The number of allylic oxidation sites excluding steroid dienone is 4. The van der Waals surface area contributed by atoms with Gasteiger partial charge in [-0.1, -0.05) is 6.08 Å². The number of carbonyl (C=O) groups is 1. The number of hydrogen-bond donors (Lipinski definition) is 1. The van der Waals surface area contributed by atoms with Crippen LogP contribution in [-0.4, -0.2) is 47.8 Å². The fourth-order valence-electron chi connectivity index (χ4n) is 4.43. The molecular formula is C23H28N4O2. The summed E-state index contributed by atoms with van der Waals surface area (Å²) in [7, 11) is 0. The van der Waals surface area contributed by atoms with Crippen LogP contribution in [0.25, 0.3) is 16.7 Å². The van der Waals surface area contributed by atoms with Crippen molar-refractivity contribution in [2.75, 3.05) is 31.2 Å². The summed E-state index contributed by atoms with van der Waals surface area (Å²) in [5.41, 5.74) is 5.90. The minimum absolute atomic E-state index is 0.0805. The molecule has 152 valence electrons. The van der Waals surface area contributed by atoms with Crippen molar-refractivity contribution in [3.05, 3.63) is 41.5 Å². The summed E-state index contributed by atoms with van der Waals surface area (Å²) < 4.78 is 7.63. The second kappa shape index (κ2) is 7.34. The van der Waals surface area contributed by atoms with E-state index in [1.54, 1.807) is 0 Å². The lowest BCUT2D eigenvalue weighted by atomic mass is 9.95. The molecule has 6 heteroatoms. The standard InChI is InChI=1S/C23H28N4O2/c1-15-12-20-21(13-16(15)2)27(19-4-3-5-19)23(25-20)26-9-6-17(7-10-26)22(28)24-18-8-11-29-14-18/h3-5,12-13,17-18H,6-11,14H2,1-2H3,(H,24,28). The maximum Gasteiger partial charge on any atom is 0.223 e. The lowest BCUT2D eigenvalue weighted by molar-refractivity contribution is -0.126. The van der Waals surface area contributed by atoms with Crippen LogP contribution >= 0.6 is 0 Å². The van der Waals surface area contributed by atoms with Crippen LogP contribution in [-0.2, 0) is 9.53 Å². The number of imidazole rings is 1. The van der Waals surface area contributed by atoms with Crippen LogP contribution in [0.4, 0.5) is 5.95 Å². The van der Waals surface area contributed by atoms with Crippen LogP contribution in [0.15, 0.2) is 30.4 Å². The molecule has 0 spiro atoms. The van der Waals surface area contributed by atoms with Crippen molar-refractivity contribution < 1.29 is 9.53 Å². The molecule has 5 rings (SSSR count). The molecule has 0 bridgehead atoms. The summed E-state index contributed by atoms with van der Waals surface area (Å²) in [5, 5.41) is 3.16. The van der Waals surface area contributed by atoms with Gasteiger partial charge >= 0.3 is 0 Å². The van der Waals surface area contributed by atoms with Gasteiger partial charge in [-0.2, -0.15) is 0 Å². The monoisotopic (exact) mass is 392 g/mol. The molecule has 2 saturated heterocycles. The number of aromatic nitrogens is 2. The Hall–Kier alpha value is -2.60. The fraction of sp³-hybridized carbons (Fsp3) is 0.478. The number of carbonyl (C=O) groups excluding carboxylic acids is 1. The van der Waals surface area contributed by atoms with Crippen LogP contribution in [0.5, 0.6) is 0 Å². The Kier molecular flexibility index (Phi) is 4.66. The molecule has 1 atom stereocenters. The number of rotatable bonds is 4. The highest BCUT2D eigenvalue weighted by Gasteiger charge is 2.30. The van der Waals surface area contributed by atoms with Crippen LogP contribution in [0.3, 0.4) is 0 Å². The number of ether oxygens (including phenoxy) is 1. The minimum Gasteiger partial charge on any atom is -0.379 e. The summed E-state index contributed by atoms with van der Waals surface area (Å²) in [4.78, 5) is 19.9. The average molecular weight is 393 g/mol. The van der Waals surface area contributed by atoms with Gasteiger partial charge in [0, 0.05) is 31.3 Å². The lowest BCUT2D eigenvalue weighted by Crippen LogP contribution is -2.44. The Bertz CT molecular complexity index is 1010. The van der Waals surface area contributed by atoms with Gasteiger partial charge in [0.15, 0.2) is 0 Å². The molecule has 2 fully saturated rings. The van der Waals surface area contributed by atoms with Crippen LogP contribution in [0.2, 0.25) is 0 Å². The van der Waals surface area contributed by atoms with E-state index in [-0.39, 0.29) is 17.9 Å². The molecule has 1 unspecified atom stereocenters. The number of fused-ring (bicyclic) bond motifs is 1. The number of hydrogen-bond acceptors (Lipinski definition) is 4. The highest BCUT2D eigenvalue weighted by Crippen LogP contribution is 2.33. The third kappa shape index (κ3) is 3.35. The molecule has 3 aliphatic rings. The van der Waals surface area contributed by atoms with E-state index in [1.807, 2.05) is 0 Å². The van der Waals surface area contributed by atoms with E-state index in [0.717, 1.165) is 55.9 Å². The highest BCUT2D eigenvalue weighted by atomic mass is 16.5. The van der Waals surface area contributed by atoms with Crippen molar-refractivity contribution in [3.8, 4) is 0 Å². The molecular weight excluding hydrogens is 364 g/mol. The third-order valence-corrected chi connectivity index (χ3v) is 6.47. The predicted octanol–water partition coefficient (Wildman–Crippen LogP) is 3.19. The van der Waals surface area contributed by atoms with Crippen molar-refractivity contribution in [1.29, 1.82) is 0 Å². The molecule has 6 nitrogen and oxygen atoms in total. The zero-order chi connectivity index (χ0) is 20.0. The zero-order valence-corrected chi connectivity index (χ0v) is 17.1. The van der Waals surface area contributed by atoms with E-state index in [1.165, 1.54) is 16.8 Å². The van der Waals surface area contributed by atoms with Gasteiger partial charge in [-0.15, -0.1) is 0 Å². The Labute approximate surface area is 171 Å². The molecule has 0 saturated carbocycles. The highest BCUT2D eigenvalue weighted by molar-refractivity contribution is 5.88. The van der Waals surface area contributed by atoms with Gasteiger partial charge in [0.2, 0.25) is 11.9 Å². The molecule has 3 heterocycles. The predicted molar refractivity (Wildman–Crippen MR) is 115 cm³/mol. The number of nitrogens with zero attached hydrogens (tertiary/aromatic N) is 3. The van der Waals surface area contributed by atoms with E-state index in [2.05, 4.69) is 59.0 Å². The summed E-state index contributed by atoms with van der Waals surface area (Å²) in [6.07, 6.45) is 8.96. The number of aryl methyl sites for hydroxylation is 2. The smallest absolute Gasteiger partial charge is 0.223 e.